The highest BCUT2D eigenvalue weighted by Gasteiger charge is 2.27. The standard InChI is InChI=1S/C21H25N3O4S/c1-22(2)21(25)28-20-12-8-6-10-17(20)14-24-15-18(29(26,27)23(3)4)13-16-9-5-7-11-19(16)24/h5-12,15H,13-14H2,1-4H3. The van der Waals surface area contributed by atoms with Crippen molar-refractivity contribution in [2.45, 2.75) is 13.0 Å². The molecule has 1 amide bonds. The van der Waals surface area contributed by atoms with Crippen LogP contribution in [0.1, 0.15) is 11.1 Å². The molecule has 1 heterocycles. The molecule has 154 valence electrons. The van der Waals surface area contributed by atoms with Crippen LogP contribution >= 0.6 is 0 Å². The van der Waals surface area contributed by atoms with Crippen LogP contribution in [0, 0.1) is 0 Å². The predicted octanol–water partition coefficient (Wildman–Crippen LogP) is 3.04. The Morgan fingerprint density at radius 1 is 1.03 bits per heavy atom. The first-order valence-corrected chi connectivity index (χ1v) is 10.6. The SMILES string of the molecule is CN(C)C(=O)Oc1ccccc1CN1C=C(S(=O)(=O)N(C)C)Cc2ccccc21. The van der Waals surface area contributed by atoms with Gasteiger partial charge in [0.15, 0.2) is 0 Å². The number of fused-ring (bicyclic) bond motifs is 1. The van der Waals surface area contributed by atoms with E-state index in [-0.39, 0.29) is 0 Å². The molecule has 8 heteroatoms. The van der Waals surface area contributed by atoms with E-state index in [0.717, 1.165) is 16.8 Å². The third-order valence-electron chi connectivity index (χ3n) is 4.65. The second kappa shape index (κ2) is 8.26. The average Bonchev–Trinajstić information content (AvgIpc) is 2.69. The Morgan fingerprint density at radius 2 is 1.69 bits per heavy atom. The van der Waals surface area contributed by atoms with Crippen LogP contribution in [-0.4, -0.2) is 51.9 Å². The Bertz CT molecular complexity index is 1050. The van der Waals surface area contributed by atoms with Crippen molar-refractivity contribution in [2.24, 2.45) is 0 Å². The van der Waals surface area contributed by atoms with Gasteiger partial charge in [-0.15, -0.1) is 0 Å². The second-order valence-electron chi connectivity index (χ2n) is 7.19. The van der Waals surface area contributed by atoms with Crippen molar-refractivity contribution in [1.29, 1.82) is 0 Å². The number of ether oxygens (including phenoxy) is 1. The minimum atomic E-state index is -3.55. The van der Waals surface area contributed by atoms with Crippen molar-refractivity contribution < 1.29 is 17.9 Å². The number of benzene rings is 2. The number of sulfonamides is 1. The molecule has 7 nitrogen and oxygen atoms in total. The van der Waals surface area contributed by atoms with E-state index in [4.69, 9.17) is 4.74 Å². The molecular formula is C21H25N3O4S. The van der Waals surface area contributed by atoms with Crippen LogP contribution in [-0.2, 0) is 23.0 Å². The maximum absolute atomic E-state index is 12.7. The molecule has 0 aromatic heterocycles. The fourth-order valence-electron chi connectivity index (χ4n) is 3.04. The summed E-state index contributed by atoms with van der Waals surface area (Å²) >= 11 is 0. The topological polar surface area (TPSA) is 70.2 Å². The lowest BCUT2D eigenvalue weighted by molar-refractivity contribution is 0.171. The second-order valence-corrected chi connectivity index (χ2v) is 9.39. The largest absolute Gasteiger partial charge is 0.414 e. The molecule has 3 rings (SSSR count). The Labute approximate surface area is 171 Å². The van der Waals surface area contributed by atoms with Gasteiger partial charge in [0.1, 0.15) is 5.75 Å². The lowest BCUT2D eigenvalue weighted by Crippen LogP contribution is -2.30. The van der Waals surface area contributed by atoms with E-state index in [1.54, 1.807) is 32.4 Å². The van der Waals surface area contributed by atoms with Gasteiger partial charge in [-0.2, -0.15) is 0 Å². The molecule has 2 aromatic carbocycles. The van der Waals surface area contributed by atoms with Crippen molar-refractivity contribution in [1.82, 2.24) is 9.21 Å². The number of para-hydroxylation sites is 2. The molecule has 2 aromatic rings. The highest BCUT2D eigenvalue weighted by Crippen LogP contribution is 2.34. The lowest BCUT2D eigenvalue weighted by atomic mass is 10.0. The van der Waals surface area contributed by atoms with Crippen LogP contribution in [0.25, 0.3) is 0 Å². The van der Waals surface area contributed by atoms with Gasteiger partial charge in [0, 0.05) is 52.1 Å². The summed E-state index contributed by atoms with van der Waals surface area (Å²) in [6, 6.07) is 15.0. The molecule has 0 saturated carbocycles. The summed E-state index contributed by atoms with van der Waals surface area (Å²) in [5.74, 6) is 0.444. The molecule has 0 atom stereocenters. The van der Waals surface area contributed by atoms with Crippen LogP contribution in [0.2, 0.25) is 0 Å². The van der Waals surface area contributed by atoms with E-state index in [1.165, 1.54) is 23.3 Å². The van der Waals surface area contributed by atoms with Crippen LogP contribution in [0.3, 0.4) is 0 Å². The Morgan fingerprint density at radius 3 is 2.38 bits per heavy atom. The van der Waals surface area contributed by atoms with Gasteiger partial charge in [-0.25, -0.2) is 17.5 Å². The predicted molar refractivity (Wildman–Crippen MR) is 113 cm³/mol. The van der Waals surface area contributed by atoms with Crippen LogP contribution in [0.5, 0.6) is 5.75 Å². The number of hydrogen-bond donors (Lipinski definition) is 0. The van der Waals surface area contributed by atoms with Crippen LogP contribution in [0.15, 0.2) is 59.6 Å². The minimum Gasteiger partial charge on any atom is -0.410 e. The summed E-state index contributed by atoms with van der Waals surface area (Å²) in [6.07, 6.45) is 1.54. The molecule has 0 bridgehead atoms. The zero-order valence-electron chi connectivity index (χ0n) is 17.0. The van der Waals surface area contributed by atoms with Gasteiger partial charge < -0.3 is 14.5 Å². The van der Waals surface area contributed by atoms with Crippen molar-refractivity contribution in [3.8, 4) is 5.75 Å². The quantitative estimate of drug-likeness (QED) is 0.751. The number of amides is 1. The van der Waals surface area contributed by atoms with E-state index >= 15 is 0 Å². The lowest BCUT2D eigenvalue weighted by Gasteiger charge is -2.30. The number of carbonyl (C=O) groups excluding carboxylic acids is 1. The first kappa shape index (κ1) is 20.9. The molecule has 0 spiro atoms. The van der Waals surface area contributed by atoms with Crippen molar-refractivity contribution in [3.05, 3.63) is 70.8 Å². The molecule has 0 N–H and O–H groups in total. The number of hydrogen-bond acceptors (Lipinski definition) is 5. The third kappa shape index (κ3) is 4.44. The number of carbonyl (C=O) groups is 1. The van der Waals surface area contributed by atoms with Crippen molar-refractivity contribution in [2.75, 3.05) is 33.1 Å². The maximum atomic E-state index is 12.7. The number of rotatable bonds is 5. The Kier molecular flexibility index (Phi) is 5.95. The molecule has 0 saturated heterocycles. The van der Waals surface area contributed by atoms with E-state index < -0.39 is 16.1 Å². The molecule has 0 aliphatic carbocycles. The van der Waals surface area contributed by atoms with Crippen LogP contribution in [0.4, 0.5) is 10.5 Å². The summed E-state index contributed by atoms with van der Waals surface area (Å²) in [7, 11) is 2.74. The molecule has 0 fully saturated rings. The minimum absolute atomic E-state index is 0.323. The van der Waals surface area contributed by atoms with Gasteiger partial charge in [-0.3, -0.25) is 0 Å². The van der Waals surface area contributed by atoms with Gasteiger partial charge in [0.2, 0.25) is 10.0 Å². The summed E-state index contributed by atoms with van der Waals surface area (Å²) in [4.78, 5) is 15.6. The first-order chi connectivity index (χ1) is 13.7. The number of nitrogens with zero attached hydrogens (tertiary/aromatic N) is 3. The van der Waals surface area contributed by atoms with E-state index in [2.05, 4.69) is 0 Å². The van der Waals surface area contributed by atoms with Crippen molar-refractivity contribution >= 4 is 21.8 Å². The first-order valence-electron chi connectivity index (χ1n) is 9.15. The van der Waals surface area contributed by atoms with Crippen LogP contribution < -0.4 is 9.64 Å². The normalized spacial score (nSPS) is 13.7. The molecule has 0 radical (unpaired) electrons. The Hall–Kier alpha value is -2.84. The zero-order chi connectivity index (χ0) is 21.2. The molecule has 1 aliphatic rings. The van der Waals surface area contributed by atoms with E-state index in [0.29, 0.717) is 23.6 Å². The summed E-state index contributed by atoms with van der Waals surface area (Å²) in [5.41, 5.74) is 2.63. The zero-order valence-corrected chi connectivity index (χ0v) is 17.8. The number of anilines is 1. The highest BCUT2D eigenvalue weighted by atomic mass is 32.2. The Balaban J connectivity index is 2.00. The smallest absolute Gasteiger partial charge is 0.410 e. The number of allylic oxidation sites excluding steroid dienone is 1. The molecule has 0 unspecified atom stereocenters. The molecule has 29 heavy (non-hydrogen) atoms. The molecular weight excluding hydrogens is 390 g/mol. The summed E-state index contributed by atoms with van der Waals surface area (Å²) < 4.78 is 32.2. The van der Waals surface area contributed by atoms with Gasteiger partial charge in [0.25, 0.3) is 0 Å². The van der Waals surface area contributed by atoms with Crippen molar-refractivity contribution in [3.63, 3.8) is 0 Å². The van der Waals surface area contributed by atoms with E-state index in [1.807, 2.05) is 41.3 Å². The fraction of sp³-hybridized carbons (Fsp3) is 0.286. The van der Waals surface area contributed by atoms with Gasteiger partial charge >= 0.3 is 6.09 Å². The van der Waals surface area contributed by atoms with E-state index in [9.17, 15) is 13.2 Å². The third-order valence-corrected chi connectivity index (χ3v) is 6.53. The fourth-order valence-corrected chi connectivity index (χ4v) is 4.11. The van der Waals surface area contributed by atoms with Gasteiger partial charge in [0.05, 0.1) is 11.4 Å². The van der Waals surface area contributed by atoms with Gasteiger partial charge in [-0.1, -0.05) is 36.4 Å². The maximum Gasteiger partial charge on any atom is 0.414 e. The summed E-state index contributed by atoms with van der Waals surface area (Å²) in [5, 5.41) is 0. The average molecular weight is 416 g/mol. The monoisotopic (exact) mass is 415 g/mol. The molecule has 1 aliphatic heterocycles. The highest BCUT2D eigenvalue weighted by molar-refractivity contribution is 7.93. The summed E-state index contributed by atoms with van der Waals surface area (Å²) in [6.45, 7) is 0.361. The van der Waals surface area contributed by atoms with Gasteiger partial charge in [-0.05, 0) is 17.7 Å².